The zero-order valence-corrected chi connectivity index (χ0v) is 16.8. The molecule has 0 saturated carbocycles. The standard InChI is InChI=1S/C19H32N4O4/c1-5-27-17-13-15(8-9-16(17)26-4)7-6-10-22-19(20-2)23-14-18(24)21-11-12-25-3/h8-9,13H,5-7,10-12,14H2,1-4H3,(H,21,24)(H2,20,22,23). The molecule has 0 unspecified atom stereocenters. The Morgan fingerprint density at radius 3 is 2.59 bits per heavy atom. The molecule has 152 valence electrons. The van der Waals surface area contributed by atoms with Gasteiger partial charge in [-0.1, -0.05) is 6.07 Å². The Bertz CT molecular complexity index is 593. The van der Waals surface area contributed by atoms with Crippen molar-refractivity contribution in [2.24, 2.45) is 4.99 Å². The Morgan fingerprint density at radius 1 is 1.11 bits per heavy atom. The number of aryl methyl sites for hydroxylation is 1. The summed E-state index contributed by atoms with van der Waals surface area (Å²) in [4.78, 5) is 15.8. The molecule has 8 heteroatoms. The lowest BCUT2D eigenvalue weighted by Crippen LogP contribution is -2.44. The van der Waals surface area contributed by atoms with Crippen LogP contribution in [-0.4, -0.2) is 66.0 Å². The first kappa shape index (κ1) is 22.6. The second-order valence-electron chi connectivity index (χ2n) is 5.72. The van der Waals surface area contributed by atoms with Gasteiger partial charge in [0, 0.05) is 27.2 Å². The third-order valence-corrected chi connectivity index (χ3v) is 3.73. The summed E-state index contributed by atoms with van der Waals surface area (Å²) in [5.74, 6) is 2.01. The van der Waals surface area contributed by atoms with Crippen LogP contribution in [0.15, 0.2) is 23.2 Å². The highest BCUT2D eigenvalue weighted by molar-refractivity contribution is 5.86. The van der Waals surface area contributed by atoms with Gasteiger partial charge in [-0.3, -0.25) is 9.79 Å². The molecule has 1 aromatic carbocycles. The fourth-order valence-electron chi connectivity index (χ4n) is 2.38. The topological polar surface area (TPSA) is 93.2 Å². The minimum atomic E-state index is -0.100. The normalized spacial score (nSPS) is 11.0. The molecule has 3 N–H and O–H groups in total. The van der Waals surface area contributed by atoms with E-state index in [2.05, 4.69) is 20.9 Å². The minimum Gasteiger partial charge on any atom is -0.493 e. The summed E-state index contributed by atoms with van der Waals surface area (Å²) in [7, 11) is 4.91. The molecule has 27 heavy (non-hydrogen) atoms. The van der Waals surface area contributed by atoms with Crippen molar-refractivity contribution in [2.45, 2.75) is 19.8 Å². The van der Waals surface area contributed by atoms with Crippen molar-refractivity contribution < 1.29 is 19.0 Å². The first-order chi connectivity index (χ1) is 13.1. The number of nitrogens with one attached hydrogen (secondary N) is 3. The molecule has 0 fully saturated rings. The maximum Gasteiger partial charge on any atom is 0.239 e. The van der Waals surface area contributed by atoms with Gasteiger partial charge in [-0.25, -0.2) is 0 Å². The Kier molecular flexibility index (Phi) is 11.4. The van der Waals surface area contributed by atoms with Crippen LogP contribution in [0, 0.1) is 0 Å². The summed E-state index contributed by atoms with van der Waals surface area (Å²) >= 11 is 0. The lowest BCUT2D eigenvalue weighted by molar-refractivity contribution is -0.120. The molecule has 0 saturated heterocycles. The van der Waals surface area contributed by atoms with Gasteiger partial charge in [-0.15, -0.1) is 0 Å². The fourth-order valence-corrected chi connectivity index (χ4v) is 2.38. The maximum absolute atomic E-state index is 11.7. The van der Waals surface area contributed by atoms with Gasteiger partial charge in [0.05, 0.1) is 26.9 Å². The van der Waals surface area contributed by atoms with Crippen molar-refractivity contribution in [3.05, 3.63) is 23.8 Å². The predicted octanol–water partition coefficient (Wildman–Crippen LogP) is 0.954. The molecule has 0 spiro atoms. The number of carbonyl (C=O) groups excluding carboxylic acids is 1. The summed E-state index contributed by atoms with van der Waals surface area (Å²) in [5, 5.41) is 8.93. The molecule has 0 bridgehead atoms. The van der Waals surface area contributed by atoms with Crippen LogP contribution in [0.5, 0.6) is 11.5 Å². The van der Waals surface area contributed by atoms with E-state index < -0.39 is 0 Å². The number of guanidine groups is 1. The van der Waals surface area contributed by atoms with E-state index in [9.17, 15) is 4.79 Å². The Morgan fingerprint density at radius 2 is 1.93 bits per heavy atom. The van der Waals surface area contributed by atoms with Crippen LogP contribution in [0.25, 0.3) is 0 Å². The number of hydrogen-bond donors (Lipinski definition) is 3. The summed E-state index contributed by atoms with van der Waals surface area (Å²) in [5.41, 5.74) is 1.18. The Hall–Kier alpha value is -2.48. The van der Waals surface area contributed by atoms with E-state index in [1.807, 2.05) is 25.1 Å². The van der Waals surface area contributed by atoms with E-state index in [0.29, 0.717) is 25.7 Å². The van der Waals surface area contributed by atoms with E-state index in [4.69, 9.17) is 14.2 Å². The highest BCUT2D eigenvalue weighted by Crippen LogP contribution is 2.28. The van der Waals surface area contributed by atoms with Crippen molar-refractivity contribution in [2.75, 3.05) is 54.1 Å². The van der Waals surface area contributed by atoms with Crippen LogP contribution < -0.4 is 25.4 Å². The van der Waals surface area contributed by atoms with Gasteiger partial charge in [0.1, 0.15) is 0 Å². The second-order valence-corrected chi connectivity index (χ2v) is 5.72. The number of methoxy groups -OCH3 is 2. The van der Waals surface area contributed by atoms with Gasteiger partial charge in [0.15, 0.2) is 17.5 Å². The van der Waals surface area contributed by atoms with Crippen LogP contribution in [-0.2, 0) is 16.0 Å². The average molecular weight is 380 g/mol. The van der Waals surface area contributed by atoms with Gasteiger partial charge < -0.3 is 30.2 Å². The van der Waals surface area contributed by atoms with Gasteiger partial charge in [-0.2, -0.15) is 0 Å². The van der Waals surface area contributed by atoms with Crippen LogP contribution >= 0.6 is 0 Å². The number of hydrogen-bond acceptors (Lipinski definition) is 5. The molecule has 0 aliphatic heterocycles. The van der Waals surface area contributed by atoms with Crippen LogP contribution in [0.3, 0.4) is 0 Å². The van der Waals surface area contributed by atoms with Crippen LogP contribution in [0.1, 0.15) is 18.9 Å². The zero-order valence-electron chi connectivity index (χ0n) is 16.8. The number of nitrogens with zero attached hydrogens (tertiary/aromatic N) is 1. The van der Waals surface area contributed by atoms with Gasteiger partial charge in [0.25, 0.3) is 0 Å². The molecule has 0 atom stereocenters. The lowest BCUT2D eigenvalue weighted by Gasteiger charge is -2.13. The summed E-state index contributed by atoms with van der Waals surface area (Å²) in [6, 6.07) is 5.98. The highest BCUT2D eigenvalue weighted by Gasteiger charge is 2.06. The molecule has 1 amide bonds. The van der Waals surface area contributed by atoms with E-state index in [-0.39, 0.29) is 12.5 Å². The molecule has 0 aliphatic carbocycles. The summed E-state index contributed by atoms with van der Waals surface area (Å²) in [6.45, 7) is 4.44. The largest absolute Gasteiger partial charge is 0.493 e. The molecular formula is C19H32N4O4. The minimum absolute atomic E-state index is 0.100. The van der Waals surface area contributed by atoms with Crippen molar-refractivity contribution in [1.29, 1.82) is 0 Å². The number of rotatable bonds is 12. The molecule has 0 aromatic heterocycles. The highest BCUT2D eigenvalue weighted by atomic mass is 16.5. The van der Waals surface area contributed by atoms with E-state index >= 15 is 0 Å². The number of benzene rings is 1. The maximum atomic E-state index is 11.7. The molecule has 0 radical (unpaired) electrons. The van der Waals surface area contributed by atoms with Crippen molar-refractivity contribution in [3.8, 4) is 11.5 Å². The van der Waals surface area contributed by atoms with E-state index in [1.165, 1.54) is 5.56 Å². The van der Waals surface area contributed by atoms with Gasteiger partial charge >= 0.3 is 0 Å². The van der Waals surface area contributed by atoms with E-state index in [0.717, 1.165) is 30.9 Å². The molecule has 1 rings (SSSR count). The molecule has 1 aromatic rings. The summed E-state index contributed by atoms with van der Waals surface area (Å²) in [6.07, 6.45) is 1.81. The van der Waals surface area contributed by atoms with Crippen LogP contribution in [0.4, 0.5) is 0 Å². The number of carbonyl (C=O) groups is 1. The number of amides is 1. The molecule has 8 nitrogen and oxygen atoms in total. The number of aliphatic imine (C=N–C) groups is 1. The van der Waals surface area contributed by atoms with Crippen LogP contribution in [0.2, 0.25) is 0 Å². The fraction of sp³-hybridized carbons (Fsp3) is 0.579. The van der Waals surface area contributed by atoms with Gasteiger partial charge in [0.2, 0.25) is 5.91 Å². The smallest absolute Gasteiger partial charge is 0.239 e. The predicted molar refractivity (Wildman–Crippen MR) is 107 cm³/mol. The monoisotopic (exact) mass is 380 g/mol. The second kappa shape index (κ2) is 13.7. The first-order valence-electron chi connectivity index (χ1n) is 9.14. The third-order valence-electron chi connectivity index (χ3n) is 3.73. The number of ether oxygens (including phenoxy) is 3. The third kappa shape index (κ3) is 9.14. The van der Waals surface area contributed by atoms with E-state index in [1.54, 1.807) is 21.3 Å². The Labute approximate surface area is 161 Å². The molecule has 0 aliphatic rings. The SMILES string of the molecule is CCOc1cc(CCCNC(=NC)NCC(=O)NCCOC)ccc1OC. The van der Waals surface area contributed by atoms with Gasteiger partial charge in [-0.05, 0) is 37.5 Å². The average Bonchev–Trinajstić information content (AvgIpc) is 2.68. The van der Waals surface area contributed by atoms with Crippen molar-refractivity contribution in [3.63, 3.8) is 0 Å². The summed E-state index contributed by atoms with van der Waals surface area (Å²) < 4.78 is 15.8. The van der Waals surface area contributed by atoms with Crippen molar-refractivity contribution in [1.82, 2.24) is 16.0 Å². The first-order valence-corrected chi connectivity index (χ1v) is 9.14. The van der Waals surface area contributed by atoms with Crippen molar-refractivity contribution >= 4 is 11.9 Å². The Balaban J connectivity index is 2.33. The quantitative estimate of drug-likeness (QED) is 0.284. The lowest BCUT2D eigenvalue weighted by atomic mass is 10.1. The molecular weight excluding hydrogens is 348 g/mol. The molecule has 0 heterocycles. The zero-order chi connectivity index (χ0) is 19.9.